The number of nitrogens with zero attached hydrogens (tertiary/aromatic N) is 4. The predicted molar refractivity (Wildman–Crippen MR) is 97.2 cm³/mol. The van der Waals surface area contributed by atoms with Gasteiger partial charge in [-0.1, -0.05) is 0 Å². The number of ether oxygens (including phenoxy) is 2. The van der Waals surface area contributed by atoms with Gasteiger partial charge in [-0.05, 0) is 24.1 Å². The molecule has 2 heterocycles. The fourth-order valence-electron chi connectivity index (χ4n) is 2.81. The lowest BCUT2D eigenvalue weighted by Crippen LogP contribution is -2.38. The number of likely N-dealkylation sites (tertiary alicyclic amines) is 1. The van der Waals surface area contributed by atoms with Crippen LogP contribution in [0, 0.1) is 10.1 Å². The molecule has 3 rings (SSSR count). The van der Waals surface area contributed by atoms with Crippen molar-refractivity contribution in [3.05, 3.63) is 52.1 Å². The molecule has 0 spiro atoms. The Labute approximate surface area is 160 Å². The van der Waals surface area contributed by atoms with Crippen LogP contribution in [-0.2, 0) is 22.7 Å². The largest absolute Gasteiger partial charge is 0.445 e. The van der Waals surface area contributed by atoms with Crippen LogP contribution in [-0.4, -0.2) is 55.5 Å². The molecule has 1 aliphatic rings. The van der Waals surface area contributed by atoms with Gasteiger partial charge >= 0.3 is 6.09 Å². The molecule has 1 aliphatic heterocycles. The third kappa shape index (κ3) is 5.17. The average molecular weight is 393 g/mol. The van der Waals surface area contributed by atoms with Crippen molar-refractivity contribution < 1.29 is 19.2 Å². The van der Waals surface area contributed by atoms with Gasteiger partial charge in [0.05, 0.1) is 17.6 Å². The number of nitro benzene ring substituents is 1. The summed E-state index contributed by atoms with van der Waals surface area (Å²) in [5.74, 6) is 0.614. The van der Waals surface area contributed by atoms with Crippen molar-refractivity contribution in [2.45, 2.75) is 30.9 Å². The number of rotatable bonds is 7. The van der Waals surface area contributed by atoms with E-state index in [1.165, 1.54) is 18.5 Å². The Bertz CT molecular complexity index is 770. The zero-order valence-corrected chi connectivity index (χ0v) is 15.2. The number of hydrogen-bond acceptors (Lipinski definition) is 8. The molecule has 2 aromatic rings. The molecule has 144 valence electrons. The van der Waals surface area contributed by atoms with Gasteiger partial charge in [-0.3, -0.25) is 15.2 Å². The van der Waals surface area contributed by atoms with Crippen LogP contribution < -0.4 is 0 Å². The predicted octanol–water partition coefficient (Wildman–Crippen LogP) is 1.94. The van der Waals surface area contributed by atoms with Crippen LogP contribution in [0.4, 0.5) is 10.5 Å². The monoisotopic (exact) mass is 393 g/mol. The smallest absolute Gasteiger partial charge is 0.410 e. The van der Waals surface area contributed by atoms with E-state index in [1.54, 1.807) is 17.0 Å². The van der Waals surface area contributed by atoms with Crippen LogP contribution in [0.25, 0.3) is 0 Å². The number of H-pyrrole nitrogens is 1. The van der Waals surface area contributed by atoms with Crippen molar-refractivity contribution in [2.24, 2.45) is 0 Å². The number of aromatic nitrogens is 3. The zero-order valence-electron chi connectivity index (χ0n) is 14.4. The summed E-state index contributed by atoms with van der Waals surface area (Å²) >= 11 is 4.46. The second-order valence-electron chi connectivity index (χ2n) is 6.12. The van der Waals surface area contributed by atoms with Crippen molar-refractivity contribution >= 4 is 24.4 Å². The third-order valence-corrected chi connectivity index (χ3v) is 4.52. The highest BCUT2D eigenvalue weighted by molar-refractivity contribution is 7.81. The number of benzene rings is 1. The number of nitro groups is 1. The Balaban J connectivity index is 1.49. The van der Waals surface area contributed by atoms with E-state index in [0.717, 1.165) is 0 Å². The van der Waals surface area contributed by atoms with Gasteiger partial charge in [-0.15, -0.1) is 0 Å². The van der Waals surface area contributed by atoms with Gasteiger partial charge in [0, 0.05) is 23.9 Å². The van der Waals surface area contributed by atoms with Gasteiger partial charge in [0.1, 0.15) is 25.4 Å². The van der Waals surface area contributed by atoms with Crippen molar-refractivity contribution in [1.82, 2.24) is 20.1 Å². The molecular formula is C16H19N5O5S. The highest BCUT2D eigenvalue weighted by atomic mass is 32.1. The number of non-ortho nitro benzene ring substituents is 1. The SMILES string of the molecule is O=C(OCc1ccc([N+](=O)[O-])cc1)N1C[C@@H](S)C[C@H]1COCc1ncn[nH]1. The maximum Gasteiger partial charge on any atom is 0.410 e. The molecule has 0 radical (unpaired) electrons. The van der Waals surface area contributed by atoms with E-state index in [9.17, 15) is 14.9 Å². The van der Waals surface area contributed by atoms with E-state index in [0.29, 0.717) is 31.0 Å². The Morgan fingerprint density at radius 2 is 2.15 bits per heavy atom. The standard InChI is InChI=1S/C16H19N5O5S/c22-16(26-7-11-1-3-12(4-2-11)21(23)24)20-6-14(27)5-13(20)8-25-9-15-17-10-18-19-15/h1-4,10,13-14,27H,5-9H2,(H,17,18,19)/t13-,14-/m0/s1. The summed E-state index contributed by atoms with van der Waals surface area (Å²) in [7, 11) is 0. The number of nitrogens with one attached hydrogen (secondary N) is 1. The normalized spacial score (nSPS) is 19.2. The van der Waals surface area contributed by atoms with E-state index in [4.69, 9.17) is 9.47 Å². The fourth-order valence-corrected chi connectivity index (χ4v) is 3.23. The second-order valence-corrected chi connectivity index (χ2v) is 6.85. The molecule has 0 unspecified atom stereocenters. The molecule has 11 heteroatoms. The molecule has 1 saturated heterocycles. The number of aromatic amines is 1. The number of hydrogen-bond donors (Lipinski definition) is 2. The Morgan fingerprint density at radius 1 is 1.37 bits per heavy atom. The first-order chi connectivity index (χ1) is 13.0. The highest BCUT2D eigenvalue weighted by Crippen LogP contribution is 2.23. The minimum absolute atomic E-state index is 0.00787. The van der Waals surface area contributed by atoms with Crippen LogP contribution in [0.5, 0.6) is 0 Å². The van der Waals surface area contributed by atoms with E-state index < -0.39 is 11.0 Å². The van der Waals surface area contributed by atoms with E-state index in [1.807, 2.05) is 0 Å². The molecule has 1 N–H and O–H groups in total. The van der Waals surface area contributed by atoms with Crippen LogP contribution >= 0.6 is 12.6 Å². The number of carbonyl (C=O) groups is 1. The number of amides is 1. The first kappa shape index (κ1) is 19.1. The van der Waals surface area contributed by atoms with Gasteiger partial charge in [-0.25, -0.2) is 9.78 Å². The summed E-state index contributed by atoms with van der Waals surface area (Å²) in [4.78, 5) is 28.2. The molecule has 1 fully saturated rings. The average Bonchev–Trinajstić information content (AvgIpc) is 3.30. The van der Waals surface area contributed by atoms with E-state index >= 15 is 0 Å². The Kier molecular flexibility index (Phi) is 6.24. The lowest BCUT2D eigenvalue weighted by molar-refractivity contribution is -0.384. The summed E-state index contributed by atoms with van der Waals surface area (Å²) in [5, 5.41) is 17.2. The minimum Gasteiger partial charge on any atom is -0.445 e. The molecule has 2 atom stereocenters. The Hall–Kier alpha value is -2.66. The quantitative estimate of drug-likeness (QED) is 0.418. The molecule has 27 heavy (non-hydrogen) atoms. The second kappa shape index (κ2) is 8.82. The van der Waals surface area contributed by atoms with Crippen molar-refractivity contribution in [3.8, 4) is 0 Å². The molecule has 0 aliphatic carbocycles. The summed E-state index contributed by atoms with van der Waals surface area (Å²) in [6.07, 6.45) is 1.64. The third-order valence-electron chi connectivity index (χ3n) is 4.15. The van der Waals surface area contributed by atoms with Crippen LogP contribution in [0.1, 0.15) is 17.8 Å². The molecule has 1 aromatic heterocycles. The van der Waals surface area contributed by atoms with Crippen molar-refractivity contribution in [3.63, 3.8) is 0 Å². The van der Waals surface area contributed by atoms with Gasteiger partial charge in [-0.2, -0.15) is 17.7 Å². The summed E-state index contributed by atoms with van der Waals surface area (Å²) in [5.41, 5.74) is 0.667. The van der Waals surface area contributed by atoms with Crippen LogP contribution in [0.3, 0.4) is 0 Å². The van der Waals surface area contributed by atoms with Gasteiger partial charge < -0.3 is 14.4 Å². The molecular weight excluding hydrogens is 374 g/mol. The first-order valence-electron chi connectivity index (χ1n) is 8.29. The maximum absolute atomic E-state index is 12.4. The molecule has 10 nitrogen and oxygen atoms in total. The van der Waals surface area contributed by atoms with Crippen LogP contribution in [0.15, 0.2) is 30.6 Å². The fraction of sp³-hybridized carbons (Fsp3) is 0.438. The highest BCUT2D eigenvalue weighted by Gasteiger charge is 2.34. The maximum atomic E-state index is 12.4. The Morgan fingerprint density at radius 3 is 2.81 bits per heavy atom. The van der Waals surface area contributed by atoms with Crippen molar-refractivity contribution in [1.29, 1.82) is 0 Å². The molecule has 0 saturated carbocycles. The van der Waals surface area contributed by atoms with Crippen LogP contribution in [0.2, 0.25) is 0 Å². The van der Waals surface area contributed by atoms with Gasteiger partial charge in [0.2, 0.25) is 0 Å². The molecule has 0 bridgehead atoms. The summed E-state index contributed by atoms with van der Waals surface area (Å²) in [6, 6.07) is 5.75. The molecule has 1 aromatic carbocycles. The first-order valence-corrected chi connectivity index (χ1v) is 8.81. The lowest BCUT2D eigenvalue weighted by Gasteiger charge is -2.23. The topological polar surface area (TPSA) is 123 Å². The number of thiol groups is 1. The molecule has 1 amide bonds. The van der Waals surface area contributed by atoms with E-state index in [-0.39, 0.29) is 30.2 Å². The number of carbonyl (C=O) groups excluding carboxylic acids is 1. The minimum atomic E-state index is -0.476. The van der Waals surface area contributed by atoms with Gasteiger partial charge in [0.25, 0.3) is 5.69 Å². The summed E-state index contributed by atoms with van der Waals surface area (Å²) in [6.45, 7) is 1.12. The van der Waals surface area contributed by atoms with Gasteiger partial charge in [0.15, 0.2) is 0 Å². The lowest BCUT2D eigenvalue weighted by atomic mass is 10.2. The van der Waals surface area contributed by atoms with E-state index in [2.05, 4.69) is 27.8 Å². The summed E-state index contributed by atoms with van der Waals surface area (Å²) < 4.78 is 11.0. The zero-order chi connectivity index (χ0) is 19.2. The van der Waals surface area contributed by atoms with Crippen molar-refractivity contribution in [2.75, 3.05) is 13.2 Å².